The minimum absolute atomic E-state index is 0.259. The zero-order chi connectivity index (χ0) is 13.7. The van der Waals surface area contributed by atoms with Gasteiger partial charge in [0.05, 0.1) is 7.11 Å². The Kier molecular flexibility index (Phi) is 4.74. The van der Waals surface area contributed by atoms with Crippen LogP contribution in [0.25, 0.3) is 6.08 Å². The van der Waals surface area contributed by atoms with Gasteiger partial charge in [0.25, 0.3) is 0 Å². The molecule has 1 aliphatic carbocycles. The van der Waals surface area contributed by atoms with Gasteiger partial charge in [0.2, 0.25) is 0 Å². The minimum Gasteiger partial charge on any atom is -0.497 e. The van der Waals surface area contributed by atoms with E-state index in [0.717, 1.165) is 36.3 Å². The molecular weight excluding hydrogens is 240 g/mol. The third kappa shape index (κ3) is 3.67. The van der Waals surface area contributed by atoms with Crippen molar-refractivity contribution in [1.29, 1.82) is 0 Å². The molecule has 1 saturated carbocycles. The lowest BCUT2D eigenvalue weighted by Crippen LogP contribution is -2.20. The number of hydrogen-bond acceptors (Lipinski definition) is 3. The lowest BCUT2D eigenvalue weighted by Gasteiger charge is -2.22. The van der Waals surface area contributed by atoms with Crippen molar-refractivity contribution in [3.05, 3.63) is 35.4 Å². The van der Waals surface area contributed by atoms with E-state index in [-0.39, 0.29) is 5.78 Å². The van der Waals surface area contributed by atoms with Crippen molar-refractivity contribution < 1.29 is 14.3 Å². The van der Waals surface area contributed by atoms with Gasteiger partial charge in [-0.3, -0.25) is 4.79 Å². The first-order valence-corrected chi connectivity index (χ1v) is 6.59. The number of carbonyl (C=O) groups is 1. The van der Waals surface area contributed by atoms with Crippen LogP contribution in [0.4, 0.5) is 0 Å². The van der Waals surface area contributed by atoms with Gasteiger partial charge in [-0.1, -0.05) is 12.1 Å². The summed E-state index contributed by atoms with van der Waals surface area (Å²) in [4.78, 5) is 12.0. The van der Waals surface area contributed by atoms with E-state index in [1.807, 2.05) is 30.3 Å². The van der Waals surface area contributed by atoms with Gasteiger partial charge in [-0.25, -0.2) is 0 Å². The van der Waals surface area contributed by atoms with Crippen molar-refractivity contribution in [3.8, 4) is 5.75 Å². The van der Waals surface area contributed by atoms with E-state index >= 15 is 0 Å². The van der Waals surface area contributed by atoms with Crippen LogP contribution < -0.4 is 4.74 Å². The summed E-state index contributed by atoms with van der Waals surface area (Å²) in [7, 11) is 3.36. The molecule has 0 radical (unpaired) electrons. The van der Waals surface area contributed by atoms with Crippen LogP contribution in [0.15, 0.2) is 29.8 Å². The summed E-state index contributed by atoms with van der Waals surface area (Å²) in [5.41, 5.74) is 1.92. The molecule has 0 spiro atoms. The second-order valence-electron chi connectivity index (χ2n) is 4.93. The fourth-order valence-electron chi connectivity index (χ4n) is 2.47. The summed E-state index contributed by atoms with van der Waals surface area (Å²) in [6.07, 6.45) is 4.35. The number of benzene rings is 1. The van der Waals surface area contributed by atoms with Crippen LogP contribution >= 0.6 is 0 Å². The molecule has 102 valence electrons. The Morgan fingerprint density at radius 1 is 1.37 bits per heavy atom. The van der Waals surface area contributed by atoms with E-state index in [4.69, 9.17) is 9.47 Å². The average molecular weight is 260 g/mol. The molecule has 3 nitrogen and oxygen atoms in total. The van der Waals surface area contributed by atoms with Crippen molar-refractivity contribution in [3.63, 3.8) is 0 Å². The second-order valence-corrected chi connectivity index (χ2v) is 4.93. The van der Waals surface area contributed by atoms with Crippen LogP contribution in [-0.2, 0) is 9.53 Å². The zero-order valence-electron chi connectivity index (χ0n) is 11.5. The van der Waals surface area contributed by atoms with Crippen LogP contribution in [0.2, 0.25) is 0 Å². The highest BCUT2D eigenvalue weighted by Gasteiger charge is 2.23. The summed E-state index contributed by atoms with van der Waals surface area (Å²) >= 11 is 0. The Morgan fingerprint density at radius 3 is 2.95 bits per heavy atom. The molecule has 19 heavy (non-hydrogen) atoms. The average Bonchev–Trinajstić information content (AvgIpc) is 2.43. The first-order chi connectivity index (χ1) is 9.22. The number of methoxy groups -OCH3 is 2. The number of rotatable bonds is 4. The predicted molar refractivity (Wildman–Crippen MR) is 75.2 cm³/mol. The van der Waals surface area contributed by atoms with Gasteiger partial charge in [0, 0.05) is 20.1 Å². The maximum absolute atomic E-state index is 12.0. The monoisotopic (exact) mass is 260 g/mol. The Morgan fingerprint density at radius 2 is 2.21 bits per heavy atom. The van der Waals surface area contributed by atoms with Crippen molar-refractivity contribution in [2.75, 3.05) is 20.8 Å². The third-order valence-electron chi connectivity index (χ3n) is 3.48. The fourth-order valence-corrected chi connectivity index (χ4v) is 2.47. The molecule has 1 aromatic rings. The van der Waals surface area contributed by atoms with E-state index in [1.54, 1.807) is 14.2 Å². The van der Waals surface area contributed by atoms with Crippen molar-refractivity contribution in [2.45, 2.75) is 19.3 Å². The molecule has 2 rings (SSSR count). The first-order valence-electron chi connectivity index (χ1n) is 6.59. The van der Waals surface area contributed by atoms with Crippen molar-refractivity contribution in [1.82, 2.24) is 0 Å². The van der Waals surface area contributed by atoms with Crippen molar-refractivity contribution >= 4 is 11.9 Å². The Balaban J connectivity index is 2.17. The van der Waals surface area contributed by atoms with Gasteiger partial charge in [-0.05, 0) is 48.1 Å². The molecule has 1 aliphatic rings. The quantitative estimate of drug-likeness (QED) is 0.780. The van der Waals surface area contributed by atoms with Crippen LogP contribution in [-0.4, -0.2) is 26.6 Å². The molecule has 0 aliphatic heterocycles. The van der Waals surface area contributed by atoms with Crippen LogP contribution in [0, 0.1) is 5.92 Å². The molecule has 0 amide bonds. The van der Waals surface area contributed by atoms with Crippen LogP contribution in [0.3, 0.4) is 0 Å². The van der Waals surface area contributed by atoms with Crippen LogP contribution in [0.1, 0.15) is 24.8 Å². The first kappa shape index (κ1) is 13.8. The molecule has 0 N–H and O–H groups in total. The smallest absolute Gasteiger partial charge is 0.158 e. The van der Waals surface area contributed by atoms with Gasteiger partial charge in [-0.2, -0.15) is 0 Å². The summed E-state index contributed by atoms with van der Waals surface area (Å²) in [6.45, 7) is 0.725. The molecule has 0 saturated heterocycles. The molecule has 1 atom stereocenters. The molecule has 1 aromatic carbocycles. The topological polar surface area (TPSA) is 35.5 Å². The standard InChI is InChI=1S/C16H20O3/c1-18-11-13-6-7-16(17)14(9-13)8-12-4-3-5-15(10-12)19-2/h3-5,8,10,13H,6-7,9,11H2,1-2H3. The van der Waals surface area contributed by atoms with Gasteiger partial charge >= 0.3 is 0 Å². The molecule has 0 bridgehead atoms. The summed E-state index contributed by atoms with van der Waals surface area (Å²) in [6, 6.07) is 7.77. The third-order valence-corrected chi connectivity index (χ3v) is 3.48. The molecule has 0 aromatic heterocycles. The highest BCUT2D eigenvalue weighted by Crippen LogP contribution is 2.28. The fraction of sp³-hybridized carbons (Fsp3) is 0.438. The molecular formula is C16H20O3. The largest absolute Gasteiger partial charge is 0.497 e. The summed E-state index contributed by atoms with van der Waals surface area (Å²) in [5, 5.41) is 0. The SMILES string of the molecule is COCC1CCC(=O)C(=Cc2cccc(OC)c2)C1. The van der Waals surface area contributed by atoms with Gasteiger partial charge < -0.3 is 9.47 Å². The highest BCUT2D eigenvalue weighted by molar-refractivity contribution is 6.00. The van der Waals surface area contributed by atoms with E-state index < -0.39 is 0 Å². The van der Waals surface area contributed by atoms with Gasteiger partial charge in [0.15, 0.2) is 5.78 Å². The van der Waals surface area contributed by atoms with E-state index in [0.29, 0.717) is 12.3 Å². The number of carbonyl (C=O) groups excluding carboxylic acids is 1. The predicted octanol–water partition coefficient (Wildman–Crippen LogP) is 3.09. The minimum atomic E-state index is 0.259. The highest BCUT2D eigenvalue weighted by atomic mass is 16.5. The number of hydrogen-bond donors (Lipinski definition) is 0. The maximum Gasteiger partial charge on any atom is 0.158 e. The second kappa shape index (κ2) is 6.53. The van der Waals surface area contributed by atoms with Crippen molar-refractivity contribution in [2.24, 2.45) is 5.92 Å². The number of Topliss-reactive ketones (excluding diaryl/α,β-unsaturated/α-hetero) is 1. The molecule has 3 heteroatoms. The van der Waals surface area contributed by atoms with E-state index in [1.165, 1.54) is 0 Å². The van der Waals surface area contributed by atoms with Gasteiger partial charge in [-0.15, -0.1) is 0 Å². The number of allylic oxidation sites excluding steroid dienone is 1. The number of ether oxygens (including phenoxy) is 2. The van der Waals surface area contributed by atoms with E-state index in [9.17, 15) is 4.79 Å². The Labute approximate surface area is 114 Å². The summed E-state index contributed by atoms with van der Waals surface area (Å²) in [5.74, 6) is 1.53. The Hall–Kier alpha value is -1.61. The Bertz CT molecular complexity index is 477. The molecule has 0 heterocycles. The lowest BCUT2D eigenvalue weighted by atomic mass is 9.84. The summed E-state index contributed by atoms with van der Waals surface area (Å²) < 4.78 is 10.4. The van der Waals surface area contributed by atoms with Gasteiger partial charge in [0.1, 0.15) is 5.75 Å². The zero-order valence-corrected chi connectivity index (χ0v) is 11.5. The molecule has 1 fully saturated rings. The lowest BCUT2D eigenvalue weighted by molar-refractivity contribution is -0.117. The van der Waals surface area contributed by atoms with Crippen LogP contribution in [0.5, 0.6) is 5.75 Å². The normalized spacial score (nSPS) is 21.7. The number of ketones is 1. The maximum atomic E-state index is 12.0. The molecule has 1 unspecified atom stereocenters. The van der Waals surface area contributed by atoms with E-state index in [2.05, 4.69) is 0 Å².